The predicted octanol–water partition coefficient (Wildman–Crippen LogP) is 3.79. The van der Waals surface area contributed by atoms with Crippen molar-refractivity contribution in [3.05, 3.63) is 84.1 Å². The highest BCUT2D eigenvalue weighted by molar-refractivity contribution is 5.94. The molecule has 1 amide bonds. The molecule has 1 N–H and O–H groups in total. The van der Waals surface area contributed by atoms with E-state index in [9.17, 15) is 4.79 Å². The van der Waals surface area contributed by atoms with E-state index in [1.54, 1.807) is 4.68 Å². The second-order valence-electron chi connectivity index (χ2n) is 7.71. The molecule has 5 rings (SSSR count). The number of amides is 1. The van der Waals surface area contributed by atoms with E-state index >= 15 is 0 Å². The van der Waals surface area contributed by atoms with Crippen LogP contribution in [0.5, 0.6) is 0 Å². The number of benzene rings is 2. The largest absolute Gasteiger partial charge is 0.343 e. The SMILES string of the molecule is O=C(NCc1nnc2n1CCCCC2)c1cc(-c2ccccc2)nn1-c1ccccc1. The third-order valence-electron chi connectivity index (χ3n) is 5.61. The molecule has 0 saturated carbocycles. The second kappa shape index (κ2) is 8.55. The van der Waals surface area contributed by atoms with Crippen molar-refractivity contribution in [1.29, 1.82) is 0 Å². The van der Waals surface area contributed by atoms with Crippen molar-refractivity contribution in [1.82, 2.24) is 29.9 Å². The molecule has 0 unspecified atom stereocenters. The van der Waals surface area contributed by atoms with Crippen LogP contribution in [0.2, 0.25) is 0 Å². The van der Waals surface area contributed by atoms with Crippen LogP contribution in [0.1, 0.15) is 41.4 Å². The Morgan fingerprint density at radius 2 is 1.71 bits per heavy atom. The number of aromatic nitrogens is 5. The van der Waals surface area contributed by atoms with Crippen molar-refractivity contribution in [3.63, 3.8) is 0 Å². The Kier molecular flexibility index (Phi) is 5.31. The summed E-state index contributed by atoms with van der Waals surface area (Å²) in [6.45, 7) is 1.25. The molecule has 0 bridgehead atoms. The van der Waals surface area contributed by atoms with E-state index < -0.39 is 0 Å². The maximum absolute atomic E-state index is 13.2. The summed E-state index contributed by atoms with van der Waals surface area (Å²) >= 11 is 0. The van der Waals surface area contributed by atoms with Gasteiger partial charge >= 0.3 is 0 Å². The van der Waals surface area contributed by atoms with E-state index in [1.165, 1.54) is 6.42 Å². The Balaban J connectivity index is 1.43. The number of fused-ring (bicyclic) bond motifs is 1. The normalized spacial score (nSPS) is 13.4. The first-order valence-corrected chi connectivity index (χ1v) is 10.7. The van der Waals surface area contributed by atoms with Gasteiger partial charge in [-0.2, -0.15) is 5.10 Å². The van der Waals surface area contributed by atoms with Crippen LogP contribution in [-0.2, 0) is 19.5 Å². The summed E-state index contributed by atoms with van der Waals surface area (Å²) in [4.78, 5) is 13.2. The van der Waals surface area contributed by atoms with Crippen molar-refractivity contribution < 1.29 is 4.79 Å². The predicted molar refractivity (Wildman–Crippen MR) is 118 cm³/mol. The standard InChI is InChI=1S/C24H24N6O/c31-24(25-17-23-27-26-22-14-8-3-9-15-29(22)23)21-16-20(18-10-4-1-5-11-18)28-30(21)19-12-6-2-7-13-19/h1-2,4-7,10-13,16H,3,8-9,14-15,17H2,(H,25,31). The van der Waals surface area contributed by atoms with Gasteiger partial charge in [0.2, 0.25) is 0 Å². The molecule has 31 heavy (non-hydrogen) atoms. The number of rotatable bonds is 5. The van der Waals surface area contributed by atoms with Crippen LogP contribution in [0.4, 0.5) is 0 Å². The number of hydrogen-bond donors (Lipinski definition) is 1. The molecule has 2 aromatic heterocycles. The molecule has 156 valence electrons. The molecule has 2 aromatic carbocycles. The number of nitrogens with one attached hydrogen (secondary N) is 1. The van der Waals surface area contributed by atoms with Crippen molar-refractivity contribution in [2.45, 2.75) is 38.8 Å². The van der Waals surface area contributed by atoms with Gasteiger partial charge in [-0.05, 0) is 31.0 Å². The lowest BCUT2D eigenvalue weighted by Gasteiger charge is -2.09. The Hall–Kier alpha value is -3.74. The lowest BCUT2D eigenvalue weighted by molar-refractivity contribution is 0.0941. The Morgan fingerprint density at radius 3 is 2.52 bits per heavy atom. The van der Waals surface area contributed by atoms with Crippen molar-refractivity contribution in [2.75, 3.05) is 0 Å². The fourth-order valence-electron chi connectivity index (χ4n) is 3.98. The molecule has 0 spiro atoms. The summed E-state index contributed by atoms with van der Waals surface area (Å²) in [6.07, 6.45) is 4.41. The molecular formula is C24H24N6O. The van der Waals surface area contributed by atoms with Crippen LogP contribution in [0.15, 0.2) is 66.7 Å². The van der Waals surface area contributed by atoms with Crippen molar-refractivity contribution in [3.8, 4) is 16.9 Å². The summed E-state index contributed by atoms with van der Waals surface area (Å²) in [7, 11) is 0. The molecule has 3 heterocycles. The Labute approximate surface area is 180 Å². The van der Waals surface area contributed by atoms with Crippen LogP contribution < -0.4 is 5.32 Å². The molecule has 7 heteroatoms. The zero-order valence-corrected chi connectivity index (χ0v) is 17.2. The molecule has 1 aliphatic heterocycles. The molecule has 4 aromatic rings. The minimum atomic E-state index is -0.190. The number of hydrogen-bond acceptors (Lipinski definition) is 4. The second-order valence-corrected chi connectivity index (χ2v) is 7.71. The molecule has 7 nitrogen and oxygen atoms in total. The summed E-state index contributed by atoms with van der Waals surface area (Å²) in [5.74, 6) is 1.63. The third kappa shape index (κ3) is 3.99. The van der Waals surface area contributed by atoms with E-state index in [-0.39, 0.29) is 5.91 Å². The molecule has 0 aliphatic carbocycles. The minimum absolute atomic E-state index is 0.190. The van der Waals surface area contributed by atoms with Crippen LogP contribution >= 0.6 is 0 Å². The van der Waals surface area contributed by atoms with Crippen LogP contribution in [0, 0.1) is 0 Å². The highest BCUT2D eigenvalue weighted by Gasteiger charge is 2.19. The number of nitrogens with zero attached hydrogens (tertiary/aromatic N) is 5. The van der Waals surface area contributed by atoms with Crippen LogP contribution in [0.3, 0.4) is 0 Å². The maximum atomic E-state index is 13.2. The average Bonchev–Trinajstić information content (AvgIpc) is 3.36. The van der Waals surface area contributed by atoms with E-state index in [0.29, 0.717) is 12.2 Å². The highest BCUT2D eigenvalue weighted by Crippen LogP contribution is 2.22. The Morgan fingerprint density at radius 1 is 0.935 bits per heavy atom. The quantitative estimate of drug-likeness (QED) is 0.541. The smallest absolute Gasteiger partial charge is 0.270 e. The lowest BCUT2D eigenvalue weighted by atomic mass is 10.1. The van der Waals surface area contributed by atoms with Gasteiger partial charge < -0.3 is 9.88 Å². The zero-order chi connectivity index (χ0) is 21.0. The molecule has 0 atom stereocenters. The first-order chi connectivity index (χ1) is 15.3. The summed E-state index contributed by atoms with van der Waals surface area (Å²) in [5.41, 5.74) is 3.05. The Bertz CT molecular complexity index is 1180. The lowest BCUT2D eigenvalue weighted by Crippen LogP contribution is -2.27. The molecule has 0 fully saturated rings. The van der Waals surface area contributed by atoms with Gasteiger partial charge in [-0.1, -0.05) is 55.0 Å². The molecular weight excluding hydrogens is 388 g/mol. The summed E-state index contributed by atoms with van der Waals surface area (Å²) in [6, 6.07) is 21.4. The number of carbonyl (C=O) groups excluding carboxylic acids is 1. The highest BCUT2D eigenvalue weighted by atomic mass is 16.2. The minimum Gasteiger partial charge on any atom is -0.343 e. The number of carbonyl (C=O) groups is 1. The van der Waals surface area contributed by atoms with Gasteiger partial charge in [0.05, 0.1) is 17.9 Å². The van der Waals surface area contributed by atoms with Crippen LogP contribution in [-0.4, -0.2) is 30.5 Å². The first kappa shape index (κ1) is 19.2. The van der Waals surface area contributed by atoms with Gasteiger partial charge in [-0.15, -0.1) is 10.2 Å². The third-order valence-corrected chi connectivity index (χ3v) is 5.61. The van der Waals surface area contributed by atoms with Gasteiger partial charge in [-0.25, -0.2) is 4.68 Å². The van der Waals surface area contributed by atoms with Gasteiger partial charge in [0.25, 0.3) is 5.91 Å². The molecule has 0 radical (unpaired) electrons. The van der Waals surface area contributed by atoms with Gasteiger partial charge in [-0.3, -0.25) is 4.79 Å². The fourth-order valence-corrected chi connectivity index (χ4v) is 3.98. The number of para-hydroxylation sites is 1. The van der Waals surface area contributed by atoms with Gasteiger partial charge in [0.1, 0.15) is 11.5 Å². The summed E-state index contributed by atoms with van der Waals surface area (Å²) in [5, 5.41) is 16.4. The van der Waals surface area contributed by atoms with E-state index in [0.717, 1.165) is 54.4 Å². The van der Waals surface area contributed by atoms with Gasteiger partial charge in [0.15, 0.2) is 5.82 Å². The topological polar surface area (TPSA) is 77.6 Å². The fraction of sp³-hybridized carbons (Fsp3) is 0.250. The van der Waals surface area contributed by atoms with Crippen molar-refractivity contribution >= 4 is 5.91 Å². The monoisotopic (exact) mass is 412 g/mol. The van der Waals surface area contributed by atoms with E-state index in [4.69, 9.17) is 5.10 Å². The van der Waals surface area contributed by atoms with Crippen LogP contribution in [0.25, 0.3) is 16.9 Å². The zero-order valence-electron chi connectivity index (χ0n) is 17.2. The number of aryl methyl sites for hydroxylation is 1. The molecule has 0 saturated heterocycles. The maximum Gasteiger partial charge on any atom is 0.270 e. The average molecular weight is 412 g/mol. The molecule has 1 aliphatic rings. The van der Waals surface area contributed by atoms with E-state index in [2.05, 4.69) is 20.1 Å². The first-order valence-electron chi connectivity index (χ1n) is 10.7. The van der Waals surface area contributed by atoms with Crippen molar-refractivity contribution in [2.24, 2.45) is 0 Å². The van der Waals surface area contributed by atoms with E-state index in [1.807, 2.05) is 66.7 Å². The van der Waals surface area contributed by atoms with Gasteiger partial charge in [0, 0.05) is 18.5 Å². The summed E-state index contributed by atoms with van der Waals surface area (Å²) < 4.78 is 3.85.